The van der Waals surface area contributed by atoms with E-state index in [0.29, 0.717) is 6.54 Å². The molecule has 2 aromatic heterocycles. The van der Waals surface area contributed by atoms with E-state index in [-0.39, 0.29) is 24.0 Å². The Bertz CT molecular complexity index is 611. The molecule has 7 heteroatoms. The lowest BCUT2D eigenvalue weighted by Crippen LogP contribution is -2.38. The van der Waals surface area contributed by atoms with Crippen LogP contribution in [0.15, 0.2) is 29.5 Å². The van der Waals surface area contributed by atoms with Crippen LogP contribution in [-0.2, 0) is 13.0 Å². The standard InChI is InChI=1S/C15H21N5S.HI/c1-11-5-4-7-17-13(11)10-20-15(16-3)18-8-6-14-19-9-12(2)21-14;/h4-5,7,9H,6,8,10H2,1-3H3,(H2,16,18,20);1H. The highest BCUT2D eigenvalue weighted by molar-refractivity contribution is 14.0. The number of pyridine rings is 1. The first-order chi connectivity index (χ1) is 10.2. The summed E-state index contributed by atoms with van der Waals surface area (Å²) < 4.78 is 0. The number of guanidine groups is 1. The van der Waals surface area contributed by atoms with E-state index in [1.54, 1.807) is 18.4 Å². The van der Waals surface area contributed by atoms with Crippen molar-refractivity contribution in [3.63, 3.8) is 0 Å². The van der Waals surface area contributed by atoms with Crippen LogP contribution in [0, 0.1) is 13.8 Å². The van der Waals surface area contributed by atoms with Gasteiger partial charge in [0.15, 0.2) is 5.96 Å². The predicted octanol–water partition coefficient (Wildman–Crippen LogP) is 2.68. The maximum absolute atomic E-state index is 4.36. The van der Waals surface area contributed by atoms with Crippen molar-refractivity contribution in [2.45, 2.75) is 26.8 Å². The van der Waals surface area contributed by atoms with Gasteiger partial charge < -0.3 is 10.6 Å². The average molecular weight is 431 g/mol. The summed E-state index contributed by atoms with van der Waals surface area (Å²) in [6.45, 7) is 5.62. The van der Waals surface area contributed by atoms with Crippen LogP contribution in [0.4, 0.5) is 0 Å². The van der Waals surface area contributed by atoms with Gasteiger partial charge in [0.05, 0.1) is 17.2 Å². The van der Waals surface area contributed by atoms with Gasteiger partial charge in [-0.05, 0) is 25.5 Å². The zero-order chi connectivity index (χ0) is 15.1. The van der Waals surface area contributed by atoms with Crippen molar-refractivity contribution in [2.24, 2.45) is 4.99 Å². The van der Waals surface area contributed by atoms with Crippen LogP contribution in [0.5, 0.6) is 0 Å². The molecule has 0 saturated heterocycles. The van der Waals surface area contributed by atoms with Crippen LogP contribution in [0.3, 0.4) is 0 Å². The smallest absolute Gasteiger partial charge is 0.191 e. The predicted molar refractivity (Wildman–Crippen MR) is 103 cm³/mol. The summed E-state index contributed by atoms with van der Waals surface area (Å²) >= 11 is 1.74. The van der Waals surface area contributed by atoms with E-state index >= 15 is 0 Å². The Labute approximate surface area is 152 Å². The summed E-state index contributed by atoms with van der Waals surface area (Å²) in [6.07, 6.45) is 4.63. The molecule has 0 atom stereocenters. The van der Waals surface area contributed by atoms with E-state index in [0.717, 1.165) is 29.6 Å². The van der Waals surface area contributed by atoms with Crippen molar-refractivity contribution in [1.82, 2.24) is 20.6 Å². The molecule has 0 bridgehead atoms. The zero-order valence-corrected chi connectivity index (χ0v) is 16.2. The highest BCUT2D eigenvalue weighted by atomic mass is 127. The summed E-state index contributed by atoms with van der Waals surface area (Å²) in [4.78, 5) is 14.2. The summed E-state index contributed by atoms with van der Waals surface area (Å²) in [5, 5.41) is 7.72. The molecule has 22 heavy (non-hydrogen) atoms. The molecule has 0 fully saturated rings. The minimum absolute atomic E-state index is 0. The second-order valence-electron chi connectivity index (χ2n) is 4.73. The van der Waals surface area contributed by atoms with Crippen LogP contribution in [0.2, 0.25) is 0 Å². The van der Waals surface area contributed by atoms with Crippen molar-refractivity contribution < 1.29 is 0 Å². The van der Waals surface area contributed by atoms with Crippen LogP contribution in [-0.4, -0.2) is 29.5 Å². The molecular formula is C15H22IN5S. The Morgan fingerprint density at radius 3 is 2.73 bits per heavy atom. The molecule has 0 radical (unpaired) electrons. The summed E-state index contributed by atoms with van der Waals surface area (Å²) in [5.74, 6) is 0.785. The van der Waals surface area contributed by atoms with Gasteiger partial charge in [-0.25, -0.2) is 4.98 Å². The monoisotopic (exact) mass is 431 g/mol. The molecule has 0 aliphatic rings. The number of thiazole rings is 1. The molecule has 5 nitrogen and oxygen atoms in total. The summed E-state index contributed by atoms with van der Waals surface area (Å²) in [6, 6.07) is 4.01. The van der Waals surface area contributed by atoms with Crippen molar-refractivity contribution >= 4 is 41.3 Å². The number of halogens is 1. The maximum atomic E-state index is 4.36. The van der Waals surface area contributed by atoms with Crippen LogP contribution >= 0.6 is 35.3 Å². The fraction of sp³-hybridized carbons (Fsp3) is 0.400. The maximum Gasteiger partial charge on any atom is 0.191 e. The van der Waals surface area contributed by atoms with Crippen molar-refractivity contribution in [3.05, 3.63) is 45.7 Å². The quantitative estimate of drug-likeness (QED) is 0.434. The lowest BCUT2D eigenvalue weighted by molar-refractivity contribution is 0.778. The second kappa shape index (κ2) is 9.73. The number of nitrogens with zero attached hydrogens (tertiary/aromatic N) is 3. The molecule has 2 heterocycles. The van der Waals surface area contributed by atoms with Gasteiger partial charge in [0.2, 0.25) is 0 Å². The number of hydrogen-bond acceptors (Lipinski definition) is 4. The van der Waals surface area contributed by atoms with Gasteiger partial charge in [0.25, 0.3) is 0 Å². The first-order valence-electron chi connectivity index (χ1n) is 6.95. The van der Waals surface area contributed by atoms with Crippen molar-refractivity contribution in [1.29, 1.82) is 0 Å². The fourth-order valence-corrected chi connectivity index (χ4v) is 2.68. The Morgan fingerprint density at radius 2 is 2.09 bits per heavy atom. The molecule has 120 valence electrons. The van der Waals surface area contributed by atoms with Gasteiger partial charge >= 0.3 is 0 Å². The van der Waals surface area contributed by atoms with Crippen LogP contribution < -0.4 is 10.6 Å². The molecule has 0 unspecified atom stereocenters. The molecule has 0 aliphatic carbocycles. The highest BCUT2D eigenvalue weighted by Gasteiger charge is 2.03. The largest absolute Gasteiger partial charge is 0.356 e. The highest BCUT2D eigenvalue weighted by Crippen LogP contribution is 2.10. The van der Waals surface area contributed by atoms with E-state index in [1.165, 1.54) is 10.4 Å². The second-order valence-corrected chi connectivity index (χ2v) is 6.05. The zero-order valence-electron chi connectivity index (χ0n) is 13.1. The van der Waals surface area contributed by atoms with Gasteiger partial charge in [0, 0.05) is 37.3 Å². The number of hydrogen-bond donors (Lipinski definition) is 2. The Balaban J connectivity index is 0.00000242. The van der Waals surface area contributed by atoms with Gasteiger partial charge in [-0.3, -0.25) is 9.98 Å². The van der Waals surface area contributed by atoms with Crippen molar-refractivity contribution in [3.8, 4) is 0 Å². The molecule has 2 N–H and O–H groups in total. The fourth-order valence-electron chi connectivity index (χ4n) is 1.90. The van der Waals surface area contributed by atoms with Crippen LogP contribution in [0.25, 0.3) is 0 Å². The number of aliphatic imine (C=N–C) groups is 1. The number of aryl methyl sites for hydroxylation is 2. The Hall–Kier alpha value is -1.22. The third-order valence-electron chi connectivity index (χ3n) is 3.07. The molecule has 0 saturated carbocycles. The minimum Gasteiger partial charge on any atom is -0.356 e. The Morgan fingerprint density at radius 1 is 1.27 bits per heavy atom. The average Bonchev–Trinajstić information content (AvgIpc) is 2.90. The van der Waals surface area contributed by atoms with E-state index in [2.05, 4.69) is 45.5 Å². The van der Waals surface area contributed by atoms with E-state index in [9.17, 15) is 0 Å². The van der Waals surface area contributed by atoms with Gasteiger partial charge in [0.1, 0.15) is 0 Å². The van der Waals surface area contributed by atoms with E-state index < -0.39 is 0 Å². The van der Waals surface area contributed by atoms with Gasteiger partial charge in [-0.2, -0.15) is 0 Å². The van der Waals surface area contributed by atoms with Gasteiger partial charge in [-0.1, -0.05) is 6.07 Å². The molecule has 0 aliphatic heterocycles. The third kappa shape index (κ3) is 5.88. The molecule has 0 spiro atoms. The van der Waals surface area contributed by atoms with Gasteiger partial charge in [-0.15, -0.1) is 35.3 Å². The molecule has 0 aromatic carbocycles. The topological polar surface area (TPSA) is 62.2 Å². The lowest BCUT2D eigenvalue weighted by Gasteiger charge is -2.12. The summed E-state index contributed by atoms with van der Waals surface area (Å²) in [5.41, 5.74) is 2.22. The minimum atomic E-state index is 0. The van der Waals surface area contributed by atoms with Crippen molar-refractivity contribution in [2.75, 3.05) is 13.6 Å². The molecule has 2 rings (SSSR count). The number of aromatic nitrogens is 2. The third-order valence-corrected chi connectivity index (χ3v) is 4.04. The van der Waals surface area contributed by atoms with Crippen LogP contribution in [0.1, 0.15) is 21.1 Å². The lowest BCUT2D eigenvalue weighted by atomic mass is 10.2. The SMILES string of the molecule is CN=C(NCCc1ncc(C)s1)NCc1ncccc1C.I. The molecule has 0 amide bonds. The molecule has 2 aromatic rings. The Kier molecular flexibility index (Phi) is 8.32. The molecular weight excluding hydrogens is 409 g/mol. The number of rotatable bonds is 5. The first-order valence-corrected chi connectivity index (χ1v) is 7.77. The van der Waals surface area contributed by atoms with E-state index in [4.69, 9.17) is 0 Å². The summed E-state index contributed by atoms with van der Waals surface area (Å²) in [7, 11) is 1.77. The number of nitrogens with one attached hydrogen (secondary N) is 2. The van der Waals surface area contributed by atoms with E-state index in [1.807, 2.05) is 18.5 Å². The normalized spacial score (nSPS) is 11.0. The first kappa shape index (κ1) is 18.8.